The van der Waals surface area contributed by atoms with Crippen molar-refractivity contribution in [3.8, 4) is 11.3 Å². The third kappa shape index (κ3) is 3.10. The molecular formula is C16H17F2N3O2. The van der Waals surface area contributed by atoms with Gasteiger partial charge in [-0.25, -0.2) is 8.78 Å². The van der Waals surface area contributed by atoms with Crippen molar-refractivity contribution in [1.82, 2.24) is 15.1 Å². The lowest BCUT2D eigenvalue weighted by atomic mass is 9.80. The van der Waals surface area contributed by atoms with E-state index in [-0.39, 0.29) is 23.4 Å². The Kier molecular flexibility index (Phi) is 3.89. The second-order valence-electron chi connectivity index (χ2n) is 5.95. The average molecular weight is 321 g/mol. The summed E-state index contributed by atoms with van der Waals surface area (Å²) in [5.74, 6) is -1.92. The summed E-state index contributed by atoms with van der Waals surface area (Å²) in [5, 5.41) is 16.8. The maximum Gasteiger partial charge on any atom is 0.255 e. The van der Waals surface area contributed by atoms with Gasteiger partial charge in [-0.05, 0) is 31.4 Å². The van der Waals surface area contributed by atoms with Crippen LogP contribution in [0.2, 0.25) is 0 Å². The number of hydrogen-bond acceptors (Lipinski definition) is 3. The topological polar surface area (TPSA) is 67.2 Å². The minimum absolute atomic E-state index is 0.0551. The molecule has 1 aliphatic rings. The molecule has 1 saturated carbocycles. The van der Waals surface area contributed by atoms with E-state index in [0.29, 0.717) is 12.8 Å². The lowest BCUT2D eigenvalue weighted by Crippen LogP contribution is -2.47. The molecule has 1 fully saturated rings. The quantitative estimate of drug-likeness (QED) is 0.905. The molecule has 7 heteroatoms. The normalized spacial score (nSPS) is 16.0. The monoisotopic (exact) mass is 321 g/mol. The van der Waals surface area contributed by atoms with Crippen molar-refractivity contribution >= 4 is 5.91 Å². The van der Waals surface area contributed by atoms with Crippen LogP contribution < -0.4 is 5.32 Å². The number of aliphatic hydroxyl groups is 1. The third-order valence-corrected chi connectivity index (χ3v) is 4.12. The number of rotatable bonds is 4. The number of carbonyl (C=O) groups is 1. The van der Waals surface area contributed by atoms with E-state index < -0.39 is 23.1 Å². The van der Waals surface area contributed by atoms with Crippen LogP contribution in [0.1, 0.15) is 29.6 Å². The SMILES string of the molecule is Cn1cc(C(=O)NCC2(O)CCC2)c(-c2ccc(F)cc2F)n1. The van der Waals surface area contributed by atoms with Gasteiger partial charge in [0.2, 0.25) is 0 Å². The predicted octanol–water partition coefficient (Wildman–Crippen LogP) is 2.01. The first kappa shape index (κ1) is 15.6. The molecule has 0 radical (unpaired) electrons. The van der Waals surface area contributed by atoms with Crippen molar-refractivity contribution in [3.05, 3.63) is 41.6 Å². The first-order valence-electron chi connectivity index (χ1n) is 7.38. The molecule has 1 amide bonds. The Morgan fingerprint density at radius 2 is 2.17 bits per heavy atom. The van der Waals surface area contributed by atoms with Gasteiger partial charge in [0, 0.05) is 31.4 Å². The van der Waals surface area contributed by atoms with E-state index >= 15 is 0 Å². The zero-order chi connectivity index (χ0) is 16.6. The molecule has 0 saturated heterocycles. The molecule has 1 aliphatic carbocycles. The molecule has 5 nitrogen and oxygen atoms in total. The molecule has 2 aromatic rings. The highest BCUT2D eigenvalue weighted by molar-refractivity contribution is 5.99. The number of nitrogens with one attached hydrogen (secondary N) is 1. The Labute approximate surface area is 131 Å². The Hall–Kier alpha value is -2.28. The second kappa shape index (κ2) is 5.73. The van der Waals surface area contributed by atoms with Crippen LogP contribution in [0.5, 0.6) is 0 Å². The van der Waals surface area contributed by atoms with Gasteiger partial charge >= 0.3 is 0 Å². The molecule has 2 N–H and O–H groups in total. The summed E-state index contributed by atoms with van der Waals surface area (Å²) in [4.78, 5) is 12.3. The number of carbonyl (C=O) groups excluding carboxylic acids is 1. The van der Waals surface area contributed by atoms with Gasteiger partial charge < -0.3 is 10.4 Å². The summed E-state index contributed by atoms with van der Waals surface area (Å²) < 4.78 is 28.4. The smallest absolute Gasteiger partial charge is 0.255 e. The van der Waals surface area contributed by atoms with Gasteiger partial charge in [0.25, 0.3) is 5.91 Å². The molecule has 0 aliphatic heterocycles. The molecule has 0 bridgehead atoms. The lowest BCUT2D eigenvalue weighted by molar-refractivity contribution is -0.0300. The molecule has 0 unspecified atom stereocenters. The third-order valence-electron chi connectivity index (χ3n) is 4.12. The molecule has 1 aromatic heterocycles. The van der Waals surface area contributed by atoms with Crippen molar-refractivity contribution in [2.24, 2.45) is 7.05 Å². The molecule has 3 rings (SSSR count). The van der Waals surface area contributed by atoms with Gasteiger partial charge in [0.1, 0.15) is 17.3 Å². The Bertz CT molecular complexity index is 754. The van der Waals surface area contributed by atoms with E-state index in [1.54, 1.807) is 7.05 Å². The number of aryl methyl sites for hydroxylation is 1. The molecule has 0 atom stereocenters. The Morgan fingerprint density at radius 3 is 2.78 bits per heavy atom. The largest absolute Gasteiger partial charge is 0.388 e. The standard InChI is InChI=1S/C16H17F2N3O2/c1-21-8-12(15(22)19-9-16(23)5-2-6-16)14(20-21)11-4-3-10(17)7-13(11)18/h3-4,7-8,23H,2,5-6,9H2,1H3,(H,19,22). The van der Waals surface area contributed by atoms with Crippen molar-refractivity contribution in [2.75, 3.05) is 6.54 Å². The fourth-order valence-corrected chi connectivity index (χ4v) is 2.64. The van der Waals surface area contributed by atoms with Crippen LogP contribution in [0.15, 0.2) is 24.4 Å². The van der Waals surface area contributed by atoms with Crippen molar-refractivity contribution in [1.29, 1.82) is 0 Å². The van der Waals surface area contributed by atoms with Gasteiger partial charge in [0.15, 0.2) is 0 Å². The average Bonchev–Trinajstić information content (AvgIpc) is 2.84. The van der Waals surface area contributed by atoms with Crippen LogP contribution in [-0.4, -0.2) is 32.9 Å². The van der Waals surface area contributed by atoms with Gasteiger partial charge in [0.05, 0.1) is 11.2 Å². The lowest BCUT2D eigenvalue weighted by Gasteiger charge is -2.36. The highest BCUT2D eigenvalue weighted by Gasteiger charge is 2.35. The fraction of sp³-hybridized carbons (Fsp3) is 0.375. The van der Waals surface area contributed by atoms with Crippen molar-refractivity contribution in [2.45, 2.75) is 24.9 Å². The minimum atomic E-state index is -0.848. The van der Waals surface area contributed by atoms with Crippen molar-refractivity contribution < 1.29 is 18.7 Å². The zero-order valence-electron chi connectivity index (χ0n) is 12.6. The van der Waals surface area contributed by atoms with E-state index in [2.05, 4.69) is 10.4 Å². The highest BCUT2D eigenvalue weighted by Crippen LogP contribution is 2.31. The molecule has 0 spiro atoms. The summed E-state index contributed by atoms with van der Waals surface area (Å²) in [6.45, 7) is 0.145. The number of benzene rings is 1. The molecular weight excluding hydrogens is 304 g/mol. The van der Waals surface area contributed by atoms with Gasteiger partial charge in [-0.1, -0.05) is 0 Å². The van der Waals surface area contributed by atoms with Crippen LogP contribution in [0.4, 0.5) is 8.78 Å². The summed E-state index contributed by atoms with van der Waals surface area (Å²) in [6, 6.07) is 3.12. The molecule has 1 heterocycles. The van der Waals surface area contributed by atoms with E-state index in [0.717, 1.165) is 18.6 Å². The number of nitrogens with zero attached hydrogens (tertiary/aromatic N) is 2. The maximum absolute atomic E-state index is 14.0. The molecule has 122 valence electrons. The van der Waals surface area contributed by atoms with E-state index in [9.17, 15) is 18.7 Å². The van der Waals surface area contributed by atoms with Crippen molar-refractivity contribution in [3.63, 3.8) is 0 Å². The second-order valence-corrected chi connectivity index (χ2v) is 5.95. The summed E-state index contributed by atoms with van der Waals surface area (Å²) in [5.41, 5.74) is -0.470. The zero-order valence-corrected chi connectivity index (χ0v) is 12.6. The Morgan fingerprint density at radius 1 is 1.43 bits per heavy atom. The van der Waals surface area contributed by atoms with Crippen LogP contribution in [-0.2, 0) is 7.05 Å². The summed E-state index contributed by atoms with van der Waals surface area (Å²) in [7, 11) is 1.61. The number of hydrogen-bond donors (Lipinski definition) is 2. The van der Waals surface area contributed by atoms with E-state index in [1.165, 1.54) is 16.9 Å². The number of halogens is 2. The highest BCUT2D eigenvalue weighted by atomic mass is 19.1. The van der Waals surface area contributed by atoms with E-state index in [4.69, 9.17) is 0 Å². The first-order valence-corrected chi connectivity index (χ1v) is 7.38. The van der Waals surface area contributed by atoms with Gasteiger partial charge in [-0.15, -0.1) is 0 Å². The fourth-order valence-electron chi connectivity index (χ4n) is 2.64. The minimum Gasteiger partial charge on any atom is -0.388 e. The summed E-state index contributed by atoms with van der Waals surface area (Å²) in [6.07, 6.45) is 3.71. The van der Waals surface area contributed by atoms with Gasteiger partial charge in [-0.3, -0.25) is 9.48 Å². The molecule has 23 heavy (non-hydrogen) atoms. The Balaban J connectivity index is 1.86. The number of aromatic nitrogens is 2. The van der Waals surface area contributed by atoms with Crippen LogP contribution in [0, 0.1) is 11.6 Å². The van der Waals surface area contributed by atoms with Crippen LogP contribution in [0.25, 0.3) is 11.3 Å². The van der Waals surface area contributed by atoms with Crippen LogP contribution >= 0.6 is 0 Å². The summed E-state index contributed by atoms with van der Waals surface area (Å²) >= 11 is 0. The number of amides is 1. The predicted molar refractivity (Wildman–Crippen MR) is 79.7 cm³/mol. The molecule has 1 aromatic carbocycles. The van der Waals surface area contributed by atoms with Crippen LogP contribution in [0.3, 0.4) is 0 Å². The maximum atomic E-state index is 14.0. The van der Waals surface area contributed by atoms with Gasteiger partial charge in [-0.2, -0.15) is 5.10 Å². The first-order chi connectivity index (χ1) is 10.9. The van der Waals surface area contributed by atoms with E-state index in [1.807, 2.05) is 0 Å².